The Labute approximate surface area is 229 Å². The number of likely N-dealkylation sites (N-methyl/N-ethyl adjacent to an activating group) is 1. The van der Waals surface area contributed by atoms with Crippen molar-refractivity contribution < 1.29 is 22.7 Å². The number of carbonyl (C=O) groups excluding carboxylic acids is 2. The summed E-state index contributed by atoms with van der Waals surface area (Å²) in [5.41, 5.74) is 5.50. The molecule has 204 valence electrons. The van der Waals surface area contributed by atoms with Crippen LogP contribution in [0.15, 0.2) is 54.6 Å². The van der Waals surface area contributed by atoms with Gasteiger partial charge in [-0.25, -0.2) is 8.42 Å². The summed E-state index contributed by atoms with van der Waals surface area (Å²) in [5, 5.41) is 2.97. The molecule has 9 heteroatoms. The van der Waals surface area contributed by atoms with Crippen LogP contribution in [0.2, 0.25) is 0 Å². The third-order valence-corrected chi connectivity index (χ3v) is 8.97. The van der Waals surface area contributed by atoms with E-state index in [1.54, 1.807) is 38.4 Å². The Morgan fingerprint density at radius 3 is 2.59 bits per heavy atom. The molecule has 1 unspecified atom stereocenters. The first-order valence-corrected chi connectivity index (χ1v) is 14.9. The number of carbonyl (C=O) groups is 2. The molecule has 0 radical (unpaired) electrons. The highest BCUT2D eigenvalue weighted by molar-refractivity contribution is 7.90. The molecule has 1 aliphatic carbocycles. The van der Waals surface area contributed by atoms with Crippen LogP contribution in [0.4, 0.5) is 5.69 Å². The molecule has 3 aromatic rings. The Hall–Kier alpha value is -3.85. The number of anilines is 1. The summed E-state index contributed by atoms with van der Waals surface area (Å²) in [6.45, 7) is 0. The topological polar surface area (TPSA) is 109 Å². The molecule has 1 atom stereocenters. The van der Waals surface area contributed by atoms with E-state index in [0.717, 1.165) is 35.2 Å². The molecule has 0 spiro atoms. The van der Waals surface area contributed by atoms with Crippen LogP contribution in [0.1, 0.15) is 40.1 Å². The molecule has 2 aromatic carbocycles. The summed E-state index contributed by atoms with van der Waals surface area (Å²) in [5.74, 6) is -0.0403. The Bertz CT molecular complexity index is 1520. The molecule has 5 rings (SSSR count). The Kier molecular flexibility index (Phi) is 7.61. The van der Waals surface area contributed by atoms with Gasteiger partial charge in [-0.2, -0.15) is 0 Å². The van der Waals surface area contributed by atoms with Crippen molar-refractivity contribution in [2.75, 3.05) is 24.8 Å². The lowest BCUT2D eigenvalue weighted by molar-refractivity contribution is -0.127. The maximum absolute atomic E-state index is 13.7. The van der Waals surface area contributed by atoms with E-state index in [4.69, 9.17) is 4.74 Å². The molecule has 2 N–H and O–H groups in total. The third kappa shape index (κ3) is 6.09. The van der Waals surface area contributed by atoms with Crippen molar-refractivity contribution in [3.8, 4) is 5.75 Å². The number of methoxy groups -OCH3 is 1. The first kappa shape index (κ1) is 26.7. The van der Waals surface area contributed by atoms with Crippen LogP contribution >= 0.6 is 0 Å². The van der Waals surface area contributed by atoms with E-state index in [2.05, 4.69) is 10.3 Å². The van der Waals surface area contributed by atoms with Crippen LogP contribution in [0.5, 0.6) is 5.75 Å². The number of sulfone groups is 1. The number of nitrogens with one attached hydrogen (secondary N) is 2. The molecule has 1 aromatic heterocycles. The van der Waals surface area contributed by atoms with Crippen molar-refractivity contribution in [1.82, 2.24) is 10.3 Å². The van der Waals surface area contributed by atoms with E-state index in [1.165, 1.54) is 4.90 Å². The van der Waals surface area contributed by atoms with Crippen LogP contribution in [0.3, 0.4) is 0 Å². The predicted molar refractivity (Wildman–Crippen MR) is 152 cm³/mol. The van der Waals surface area contributed by atoms with Gasteiger partial charge < -0.3 is 19.9 Å². The summed E-state index contributed by atoms with van der Waals surface area (Å²) in [4.78, 5) is 32.0. The van der Waals surface area contributed by atoms with Crippen molar-refractivity contribution in [3.05, 3.63) is 88.2 Å². The highest BCUT2D eigenvalue weighted by Gasteiger charge is 2.28. The van der Waals surface area contributed by atoms with Crippen LogP contribution < -0.4 is 15.0 Å². The molecule has 2 aliphatic rings. The van der Waals surface area contributed by atoms with E-state index < -0.39 is 15.9 Å². The maximum Gasteiger partial charge on any atom is 0.249 e. The standard InChI is InChI=1S/C30H33N3O5S/c1-33(22-10-12-23(38-2)13-11-22)30(35)27-17-21-7-5-6-20(16-21)14-15-39(36,37)19-28-25(18-29(34)32-27)24-8-3-4-9-26(24)31-28/h3,5-8,10-13,16,27,31H,4,9,14-15,17-19H2,1-2H3,(H,32,34). The van der Waals surface area contributed by atoms with Crippen molar-refractivity contribution >= 4 is 33.4 Å². The lowest BCUT2D eigenvalue weighted by atomic mass is 9.98. The molecule has 2 bridgehead atoms. The third-order valence-electron chi connectivity index (χ3n) is 7.42. The number of hydrogen-bond donors (Lipinski definition) is 2. The predicted octanol–water partition coefficient (Wildman–Crippen LogP) is 3.39. The average Bonchev–Trinajstić information content (AvgIpc) is 3.26. The molecule has 2 amide bonds. The van der Waals surface area contributed by atoms with Gasteiger partial charge in [-0.1, -0.05) is 36.4 Å². The number of ether oxygens (including phenoxy) is 1. The molecule has 0 saturated heterocycles. The number of hydrogen-bond acceptors (Lipinski definition) is 5. The van der Waals surface area contributed by atoms with Gasteiger partial charge in [-0.05, 0) is 65.8 Å². The van der Waals surface area contributed by atoms with E-state index >= 15 is 0 Å². The van der Waals surface area contributed by atoms with E-state index in [-0.39, 0.29) is 36.2 Å². The number of aryl methyl sites for hydroxylation is 2. The number of rotatable bonds is 3. The quantitative estimate of drug-likeness (QED) is 0.523. The molecule has 1 aliphatic heterocycles. The van der Waals surface area contributed by atoms with Gasteiger partial charge in [-0.3, -0.25) is 9.59 Å². The largest absolute Gasteiger partial charge is 0.497 e. The monoisotopic (exact) mass is 547 g/mol. The summed E-state index contributed by atoms with van der Waals surface area (Å²) in [6.07, 6.45) is 6.26. The van der Waals surface area contributed by atoms with Crippen LogP contribution in [0, 0.1) is 0 Å². The minimum Gasteiger partial charge on any atom is -0.497 e. The van der Waals surface area contributed by atoms with Gasteiger partial charge >= 0.3 is 0 Å². The first-order valence-electron chi connectivity index (χ1n) is 13.1. The number of benzene rings is 2. The fourth-order valence-electron chi connectivity index (χ4n) is 5.31. The van der Waals surface area contributed by atoms with Crippen molar-refractivity contribution in [2.45, 2.75) is 43.9 Å². The number of amides is 2. The Morgan fingerprint density at radius 1 is 1.05 bits per heavy atom. The SMILES string of the molecule is COc1ccc(N(C)C(=O)C2Cc3cccc(c3)CCS(=O)(=O)Cc3[nH]c4c(c3CC(=O)N2)C=CCC4)cc1. The summed E-state index contributed by atoms with van der Waals surface area (Å²) >= 11 is 0. The lowest BCUT2D eigenvalue weighted by Crippen LogP contribution is -2.49. The van der Waals surface area contributed by atoms with Crippen LogP contribution in [-0.4, -0.2) is 51.2 Å². The number of H-pyrrole nitrogens is 1. The van der Waals surface area contributed by atoms with Crippen LogP contribution in [-0.2, 0) is 50.9 Å². The average molecular weight is 548 g/mol. The highest BCUT2D eigenvalue weighted by Crippen LogP contribution is 2.28. The Morgan fingerprint density at radius 2 is 1.82 bits per heavy atom. The normalized spacial score (nSPS) is 18.7. The van der Waals surface area contributed by atoms with Gasteiger partial charge in [0.15, 0.2) is 9.84 Å². The molecular formula is C30H33N3O5S. The van der Waals surface area contributed by atoms with Crippen molar-refractivity contribution in [2.24, 2.45) is 0 Å². The fourth-order valence-corrected chi connectivity index (χ4v) is 6.69. The second-order valence-electron chi connectivity index (χ2n) is 10.2. The van der Waals surface area contributed by atoms with Gasteiger partial charge in [0.1, 0.15) is 11.8 Å². The van der Waals surface area contributed by atoms with Crippen LogP contribution in [0.25, 0.3) is 6.08 Å². The van der Waals surface area contributed by atoms with E-state index in [1.807, 2.05) is 36.4 Å². The van der Waals surface area contributed by atoms with E-state index in [9.17, 15) is 18.0 Å². The number of allylic oxidation sites excluding steroid dienone is 1. The summed E-state index contributed by atoms with van der Waals surface area (Å²) in [7, 11) is -0.147. The van der Waals surface area contributed by atoms with Gasteiger partial charge in [0, 0.05) is 30.5 Å². The number of aromatic amines is 1. The lowest BCUT2D eigenvalue weighted by Gasteiger charge is -2.25. The van der Waals surface area contributed by atoms with Crippen molar-refractivity contribution in [1.29, 1.82) is 0 Å². The minimum absolute atomic E-state index is 0.00415. The number of nitrogens with zero attached hydrogens (tertiary/aromatic N) is 1. The number of fused-ring (bicyclic) bond motifs is 5. The minimum atomic E-state index is -3.42. The molecule has 0 saturated carbocycles. The Balaban J connectivity index is 1.50. The van der Waals surface area contributed by atoms with Crippen molar-refractivity contribution in [3.63, 3.8) is 0 Å². The molecule has 2 heterocycles. The highest BCUT2D eigenvalue weighted by atomic mass is 32.2. The van der Waals surface area contributed by atoms with Gasteiger partial charge in [-0.15, -0.1) is 0 Å². The molecule has 39 heavy (non-hydrogen) atoms. The first-order chi connectivity index (χ1) is 18.7. The van der Waals surface area contributed by atoms with Gasteiger partial charge in [0.2, 0.25) is 11.8 Å². The maximum atomic E-state index is 13.7. The molecule has 8 nitrogen and oxygen atoms in total. The zero-order valence-corrected chi connectivity index (χ0v) is 23.0. The fraction of sp³-hybridized carbons (Fsp3) is 0.333. The molecular weight excluding hydrogens is 514 g/mol. The van der Waals surface area contributed by atoms with E-state index in [0.29, 0.717) is 29.1 Å². The molecule has 0 fully saturated rings. The van der Waals surface area contributed by atoms with Gasteiger partial charge in [0.25, 0.3) is 0 Å². The second-order valence-corrected chi connectivity index (χ2v) is 12.4. The van der Waals surface area contributed by atoms with Gasteiger partial charge in [0.05, 0.1) is 25.0 Å². The zero-order valence-electron chi connectivity index (χ0n) is 22.2. The zero-order chi connectivity index (χ0) is 27.6. The summed E-state index contributed by atoms with van der Waals surface area (Å²) in [6, 6.07) is 13.9. The summed E-state index contributed by atoms with van der Waals surface area (Å²) < 4.78 is 31.4. The second kappa shape index (κ2) is 11.1. The number of aromatic nitrogens is 1. The smallest absolute Gasteiger partial charge is 0.249 e.